The van der Waals surface area contributed by atoms with Crippen LogP contribution in [0.5, 0.6) is 5.75 Å². The summed E-state index contributed by atoms with van der Waals surface area (Å²) in [5.41, 5.74) is 1.72. The van der Waals surface area contributed by atoms with Crippen LogP contribution in [0, 0.1) is 0 Å². The second-order valence-electron chi connectivity index (χ2n) is 5.13. The zero-order valence-electron chi connectivity index (χ0n) is 13.1. The number of amides is 2. The summed E-state index contributed by atoms with van der Waals surface area (Å²) >= 11 is 0.962. The first-order chi connectivity index (χ1) is 11.7. The molecule has 5 nitrogen and oxygen atoms in total. The summed E-state index contributed by atoms with van der Waals surface area (Å²) in [4.78, 5) is 30.2. The first-order valence-corrected chi connectivity index (χ1v) is 8.36. The fraction of sp³-hybridized carbons (Fsp3) is 0.167. The molecule has 2 heterocycles. The van der Waals surface area contributed by atoms with Crippen molar-refractivity contribution in [2.75, 3.05) is 6.61 Å². The van der Waals surface area contributed by atoms with E-state index in [1.165, 1.54) is 4.90 Å². The molecule has 2 aromatic rings. The van der Waals surface area contributed by atoms with E-state index in [4.69, 9.17) is 4.74 Å². The van der Waals surface area contributed by atoms with Crippen LogP contribution in [0.15, 0.2) is 53.7 Å². The fourth-order valence-corrected chi connectivity index (χ4v) is 3.12. The number of carbonyl (C=O) groups excluding carboxylic acids is 2. The molecular formula is C18H16N2O3S. The zero-order chi connectivity index (χ0) is 16.9. The van der Waals surface area contributed by atoms with Gasteiger partial charge in [0.25, 0.3) is 11.1 Å². The number of nitrogens with zero attached hydrogens (tertiary/aromatic N) is 2. The van der Waals surface area contributed by atoms with Gasteiger partial charge in [0.15, 0.2) is 0 Å². The van der Waals surface area contributed by atoms with Gasteiger partial charge in [0.1, 0.15) is 5.75 Å². The SMILES string of the molecule is CCOc1ccc(/C=C2\SC(=O)N(Cc3ccncc3)C2=O)cc1. The summed E-state index contributed by atoms with van der Waals surface area (Å²) in [6.07, 6.45) is 5.02. The minimum absolute atomic E-state index is 0.256. The quantitative estimate of drug-likeness (QED) is 0.777. The minimum atomic E-state index is -0.268. The summed E-state index contributed by atoms with van der Waals surface area (Å²) in [6.45, 7) is 2.79. The molecule has 6 heteroatoms. The highest BCUT2D eigenvalue weighted by molar-refractivity contribution is 8.18. The minimum Gasteiger partial charge on any atom is -0.494 e. The number of aromatic nitrogens is 1. The lowest BCUT2D eigenvalue weighted by atomic mass is 10.2. The molecule has 0 radical (unpaired) electrons. The average molecular weight is 340 g/mol. The zero-order valence-corrected chi connectivity index (χ0v) is 14.0. The number of carbonyl (C=O) groups is 2. The Labute approximate surface area is 144 Å². The molecule has 24 heavy (non-hydrogen) atoms. The Bertz CT molecular complexity index is 773. The lowest BCUT2D eigenvalue weighted by Gasteiger charge is -2.11. The van der Waals surface area contributed by atoms with Crippen LogP contribution in [-0.4, -0.2) is 27.6 Å². The van der Waals surface area contributed by atoms with Crippen LogP contribution in [0.25, 0.3) is 6.08 Å². The number of thioether (sulfide) groups is 1. The Balaban J connectivity index is 1.75. The Morgan fingerprint density at radius 3 is 2.50 bits per heavy atom. The summed E-state index contributed by atoms with van der Waals surface area (Å²) in [5, 5.41) is -0.256. The number of hydrogen-bond donors (Lipinski definition) is 0. The van der Waals surface area contributed by atoms with E-state index in [9.17, 15) is 9.59 Å². The molecule has 0 N–H and O–H groups in total. The topological polar surface area (TPSA) is 59.5 Å². The number of hydrogen-bond acceptors (Lipinski definition) is 5. The molecule has 0 unspecified atom stereocenters. The third-order valence-electron chi connectivity index (χ3n) is 3.45. The number of rotatable bonds is 5. The average Bonchev–Trinajstić information content (AvgIpc) is 2.85. The predicted molar refractivity (Wildman–Crippen MR) is 93.4 cm³/mol. The van der Waals surface area contributed by atoms with Gasteiger partial charge < -0.3 is 4.74 Å². The standard InChI is InChI=1S/C18H16N2O3S/c1-2-23-15-5-3-13(4-6-15)11-16-17(21)20(18(22)24-16)12-14-7-9-19-10-8-14/h3-11H,2,12H2,1H3/b16-11-. The van der Waals surface area contributed by atoms with Crippen molar-refractivity contribution in [1.29, 1.82) is 0 Å². The van der Waals surface area contributed by atoms with Gasteiger partial charge in [0.2, 0.25) is 0 Å². The molecule has 1 aliphatic rings. The third kappa shape index (κ3) is 3.65. The molecule has 0 atom stereocenters. The van der Waals surface area contributed by atoms with Gasteiger partial charge in [-0.05, 0) is 60.2 Å². The molecule has 1 aromatic carbocycles. The van der Waals surface area contributed by atoms with E-state index in [0.717, 1.165) is 28.6 Å². The van der Waals surface area contributed by atoms with E-state index in [1.54, 1.807) is 30.6 Å². The number of ether oxygens (including phenoxy) is 1. The van der Waals surface area contributed by atoms with Gasteiger partial charge in [-0.25, -0.2) is 0 Å². The highest BCUT2D eigenvalue weighted by Crippen LogP contribution is 2.33. The van der Waals surface area contributed by atoms with Crippen molar-refractivity contribution in [2.24, 2.45) is 0 Å². The maximum Gasteiger partial charge on any atom is 0.293 e. The smallest absolute Gasteiger partial charge is 0.293 e. The van der Waals surface area contributed by atoms with Gasteiger partial charge in [-0.15, -0.1) is 0 Å². The summed E-state index contributed by atoms with van der Waals surface area (Å²) in [5.74, 6) is 0.510. The van der Waals surface area contributed by atoms with Gasteiger partial charge in [-0.3, -0.25) is 19.5 Å². The Morgan fingerprint density at radius 1 is 1.12 bits per heavy atom. The van der Waals surface area contributed by atoms with Gasteiger partial charge in [-0.1, -0.05) is 12.1 Å². The Hall–Kier alpha value is -2.60. The molecule has 1 saturated heterocycles. The predicted octanol–water partition coefficient (Wildman–Crippen LogP) is 3.72. The number of imide groups is 1. The van der Waals surface area contributed by atoms with Crippen LogP contribution in [0.2, 0.25) is 0 Å². The van der Waals surface area contributed by atoms with Crippen LogP contribution < -0.4 is 4.74 Å². The van der Waals surface area contributed by atoms with E-state index in [0.29, 0.717) is 11.5 Å². The van der Waals surface area contributed by atoms with Crippen molar-refractivity contribution in [3.8, 4) is 5.75 Å². The molecule has 0 spiro atoms. The van der Waals surface area contributed by atoms with E-state index < -0.39 is 0 Å². The Kier molecular flexibility index (Phi) is 4.96. The molecule has 1 aromatic heterocycles. The van der Waals surface area contributed by atoms with Crippen molar-refractivity contribution in [2.45, 2.75) is 13.5 Å². The molecule has 0 aliphatic carbocycles. The molecule has 0 saturated carbocycles. The van der Waals surface area contributed by atoms with Gasteiger partial charge in [0, 0.05) is 12.4 Å². The van der Waals surface area contributed by atoms with Gasteiger partial charge >= 0.3 is 0 Å². The lowest BCUT2D eigenvalue weighted by Crippen LogP contribution is -2.27. The van der Waals surface area contributed by atoms with Crippen LogP contribution in [0.4, 0.5) is 4.79 Å². The van der Waals surface area contributed by atoms with E-state index in [2.05, 4.69) is 4.98 Å². The van der Waals surface area contributed by atoms with Crippen molar-refractivity contribution in [3.63, 3.8) is 0 Å². The first-order valence-electron chi connectivity index (χ1n) is 7.54. The van der Waals surface area contributed by atoms with Crippen molar-refractivity contribution in [3.05, 3.63) is 64.8 Å². The van der Waals surface area contributed by atoms with Crippen LogP contribution in [0.1, 0.15) is 18.1 Å². The Morgan fingerprint density at radius 2 is 1.83 bits per heavy atom. The molecule has 1 fully saturated rings. The normalized spacial score (nSPS) is 16.0. The van der Waals surface area contributed by atoms with Crippen molar-refractivity contribution >= 4 is 29.0 Å². The van der Waals surface area contributed by atoms with Crippen LogP contribution in [0.3, 0.4) is 0 Å². The highest BCUT2D eigenvalue weighted by atomic mass is 32.2. The maximum atomic E-state index is 12.5. The summed E-state index contributed by atoms with van der Waals surface area (Å²) in [7, 11) is 0. The largest absolute Gasteiger partial charge is 0.494 e. The number of benzene rings is 1. The second-order valence-corrected chi connectivity index (χ2v) is 6.12. The third-order valence-corrected chi connectivity index (χ3v) is 4.36. The monoisotopic (exact) mass is 340 g/mol. The molecule has 3 rings (SSSR count). The first kappa shape index (κ1) is 16.3. The van der Waals surface area contributed by atoms with Crippen LogP contribution in [-0.2, 0) is 11.3 Å². The van der Waals surface area contributed by atoms with E-state index >= 15 is 0 Å². The maximum absolute atomic E-state index is 12.5. The van der Waals surface area contributed by atoms with Gasteiger partial charge in [0.05, 0.1) is 18.1 Å². The summed E-state index contributed by atoms with van der Waals surface area (Å²) < 4.78 is 5.39. The molecule has 1 aliphatic heterocycles. The van der Waals surface area contributed by atoms with E-state index in [1.807, 2.05) is 31.2 Å². The lowest BCUT2D eigenvalue weighted by molar-refractivity contribution is -0.123. The molecule has 0 bridgehead atoms. The molecule has 2 amide bonds. The number of pyridine rings is 1. The van der Waals surface area contributed by atoms with E-state index in [-0.39, 0.29) is 17.7 Å². The summed E-state index contributed by atoms with van der Waals surface area (Å²) in [6, 6.07) is 11.0. The fourth-order valence-electron chi connectivity index (χ4n) is 2.29. The second kappa shape index (κ2) is 7.31. The van der Waals surface area contributed by atoms with Crippen LogP contribution >= 0.6 is 11.8 Å². The van der Waals surface area contributed by atoms with Crippen molar-refractivity contribution < 1.29 is 14.3 Å². The highest BCUT2D eigenvalue weighted by Gasteiger charge is 2.34. The molecule has 122 valence electrons. The van der Waals surface area contributed by atoms with Gasteiger partial charge in [-0.2, -0.15) is 0 Å². The van der Waals surface area contributed by atoms with Crippen molar-refractivity contribution in [1.82, 2.24) is 9.88 Å². The molecular weight excluding hydrogens is 324 g/mol.